The molecule has 1 heterocycles. The van der Waals surface area contributed by atoms with Crippen molar-refractivity contribution in [2.45, 2.75) is 11.8 Å². The second-order valence-electron chi connectivity index (χ2n) is 7.52. The lowest BCUT2D eigenvalue weighted by atomic mass is 10.1. The van der Waals surface area contributed by atoms with Crippen molar-refractivity contribution < 1.29 is 8.95 Å². The first-order valence-electron chi connectivity index (χ1n) is 10.3. The topological polar surface area (TPSA) is 105 Å². The first-order chi connectivity index (χ1) is 15.3. The Bertz CT molecular complexity index is 1150. The van der Waals surface area contributed by atoms with Gasteiger partial charge in [-0.2, -0.15) is 4.98 Å². The average molecular weight is 455 g/mol. The standard InChI is InChI=1S/C23H30N6O2S/c1-5-31-19-11-9-17(10-12-19)21-16-26-23(28-22(21)25-13-14-29(2)3)27-18-7-6-8-20(15-18)32(4,24)30/h6-12,15-16H,4-5,13-14H2,1-3H3,(H2,24,30)(H2,25,26,27,28). The maximum atomic E-state index is 12.1. The molecule has 170 valence electrons. The lowest BCUT2D eigenvalue weighted by molar-refractivity contribution is 0.340. The summed E-state index contributed by atoms with van der Waals surface area (Å²) < 4.78 is 17.6. The lowest BCUT2D eigenvalue weighted by Crippen LogP contribution is -2.21. The number of likely N-dealkylation sites (N-methyl/N-ethyl adjacent to an activating group) is 1. The van der Waals surface area contributed by atoms with Gasteiger partial charge in [-0.15, -0.1) is 0 Å². The SMILES string of the molecule is C=S(N)(=O)c1cccc(Nc2ncc(-c3ccc(OCC)cc3)c(NCCN(C)C)n2)c1. The van der Waals surface area contributed by atoms with E-state index in [1.165, 1.54) is 0 Å². The second kappa shape index (κ2) is 10.4. The molecule has 0 saturated heterocycles. The Morgan fingerprint density at radius 1 is 1.19 bits per heavy atom. The minimum Gasteiger partial charge on any atom is -0.494 e. The zero-order chi connectivity index (χ0) is 23.1. The molecule has 32 heavy (non-hydrogen) atoms. The molecule has 3 rings (SSSR count). The predicted molar refractivity (Wildman–Crippen MR) is 133 cm³/mol. The van der Waals surface area contributed by atoms with Crippen LogP contribution in [0.2, 0.25) is 0 Å². The van der Waals surface area contributed by atoms with E-state index >= 15 is 0 Å². The number of nitrogens with one attached hydrogen (secondary N) is 2. The molecule has 0 amide bonds. The van der Waals surface area contributed by atoms with Crippen LogP contribution in [0, 0.1) is 0 Å². The normalized spacial score (nSPS) is 12.9. The molecule has 1 unspecified atom stereocenters. The molecule has 0 spiro atoms. The molecule has 0 aliphatic heterocycles. The number of benzene rings is 2. The van der Waals surface area contributed by atoms with E-state index in [2.05, 4.69) is 26.4 Å². The Labute approximate surface area is 190 Å². The number of nitrogens with zero attached hydrogens (tertiary/aromatic N) is 3. The van der Waals surface area contributed by atoms with Crippen LogP contribution in [0.25, 0.3) is 11.1 Å². The fraction of sp³-hybridized carbons (Fsp3) is 0.261. The van der Waals surface area contributed by atoms with Gasteiger partial charge in [0.05, 0.1) is 16.3 Å². The fourth-order valence-electron chi connectivity index (χ4n) is 3.00. The van der Waals surface area contributed by atoms with Gasteiger partial charge in [0.25, 0.3) is 0 Å². The van der Waals surface area contributed by atoms with Crippen LogP contribution < -0.4 is 20.5 Å². The summed E-state index contributed by atoms with van der Waals surface area (Å²) in [6, 6.07) is 14.8. The smallest absolute Gasteiger partial charge is 0.229 e. The minimum atomic E-state index is -2.80. The maximum absolute atomic E-state index is 12.1. The number of rotatable bonds is 10. The molecule has 9 heteroatoms. The Hall–Kier alpha value is -3.14. The summed E-state index contributed by atoms with van der Waals surface area (Å²) in [5, 5.41) is 12.2. The Balaban J connectivity index is 1.90. The molecule has 8 nitrogen and oxygen atoms in total. The van der Waals surface area contributed by atoms with Crippen LogP contribution >= 0.6 is 0 Å². The summed E-state index contributed by atoms with van der Waals surface area (Å²) in [5.74, 6) is 5.48. The van der Waals surface area contributed by atoms with Gasteiger partial charge in [0.1, 0.15) is 11.6 Å². The largest absolute Gasteiger partial charge is 0.494 e. The summed E-state index contributed by atoms with van der Waals surface area (Å²) in [5.41, 5.74) is 2.54. The summed E-state index contributed by atoms with van der Waals surface area (Å²) in [6.07, 6.45) is 1.78. The fourth-order valence-corrected chi connectivity index (χ4v) is 3.64. The van der Waals surface area contributed by atoms with E-state index in [1.54, 1.807) is 24.4 Å². The minimum absolute atomic E-state index is 0.414. The van der Waals surface area contributed by atoms with Gasteiger partial charge in [0, 0.05) is 35.4 Å². The number of nitrogens with two attached hydrogens (primary N) is 1. The van der Waals surface area contributed by atoms with Crippen LogP contribution in [-0.2, 0) is 9.71 Å². The summed E-state index contributed by atoms with van der Waals surface area (Å²) in [6.45, 7) is 4.15. The van der Waals surface area contributed by atoms with E-state index in [9.17, 15) is 4.21 Å². The first kappa shape index (κ1) is 23.5. The third-order valence-corrected chi connectivity index (χ3v) is 5.66. The van der Waals surface area contributed by atoms with Crippen LogP contribution in [0.15, 0.2) is 59.6 Å². The van der Waals surface area contributed by atoms with E-state index in [1.807, 2.05) is 51.4 Å². The quantitative estimate of drug-likeness (QED) is 0.404. The summed E-state index contributed by atoms with van der Waals surface area (Å²) >= 11 is 0. The number of aromatic nitrogens is 2. The number of hydrogen-bond acceptors (Lipinski definition) is 7. The van der Waals surface area contributed by atoms with Gasteiger partial charge in [-0.25, -0.2) is 9.19 Å². The monoisotopic (exact) mass is 454 g/mol. The van der Waals surface area contributed by atoms with Crippen molar-refractivity contribution in [2.24, 2.45) is 5.14 Å². The molecule has 4 N–H and O–H groups in total. The molecule has 1 aromatic heterocycles. The van der Waals surface area contributed by atoms with Gasteiger partial charge < -0.3 is 20.3 Å². The summed E-state index contributed by atoms with van der Waals surface area (Å²) in [4.78, 5) is 11.7. The molecule has 0 saturated carbocycles. The first-order valence-corrected chi connectivity index (χ1v) is 12.1. The van der Waals surface area contributed by atoms with E-state index < -0.39 is 9.71 Å². The van der Waals surface area contributed by atoms with E-state index in [4.69, 9.17) is 14.9 Å². The van der Waals surface area contributed by atoms with E-state index in [0.717, 1.165) is 30.0 Å². The Morgan fingerprint density at radius 2 is 1.94 bits per heavy atom. The lowest BCUT2D eigenvalue weighted by Gasteiger charge is -2.15. The van der Waals surface area contributed by atoms with Gasteiger partial charge in [-0.1, -0.05) is 18.2 Å². The highest BCUT2D eigenvalue weighted by Crippen LogP contribution is 2.29. The van der Waals surface area contributed by atoms with Crippen molar-refractivity contribution in [2.75, 3.05) is 44.4 Å². The molecule has 1 atom stereocenters. The molecule has 0 fully saturated rings. The molecule has 0 radical (unpaired) electrons. The van der Waals surface area contributed by atoms with Gasteiger partial charge in [0.2, 0.25) is 5.95 Å². The van der Waals surface area contributed by atoms with Crippen LogP contribution in [-0.4, -0.2) is 58.7 Å². The number of anilines is 3. The highest BCUT2D eigenvalue weighted by Gasteiger charge is 2.11. The van der Waals surface area contributed by atoms with Gasteiger partial charge >= 0.3 is 0 Å². The highest BCUT2D eigenvalue weighted by atomic mass is 32.2. The molecule has 0 aliphatic rings. The van der Waals surface area contributed by atoms with Gasteiger partial charge in [-0.3, -0.25) is 5.14 Å². The van der Waals surface area contributed by atoms with Crippen molar-refractivity contribution in [1.29, 1.82) is 0 Å². The zero-order valence-electron chi connectivity index (χ0n) is 18.7. The molecule has 0 aliphatic carbocycles. The molecular weight excluding hydrogens is 424 g/mol. The van der Waals surface area contributed by atoms with Crippen LogP contribution in [0.4, 0.5) is 17.5 Å². The van der Waals surface area contributed by atoms with Crippen molar-refractivity contribution in [3.63, 3.8) is 0 Å². The third-order valence-electron chi connectivity index (χ3n) is 4.61. The molecule has 0 bridgehead atoms. The maximum Gasteiger partial charge on any atom is 0.229 e. The molecule has 2 aromatic carbocycles. The molecule has 3 aromatic rings. The highest BCUT2D eigenvalue weighted by molar-refractivity contribution is 7.98. The number of ether oxygens (including phenoxy) is 1. The van der Waals surface area contributed by atoms with Gasteiger partial charge in [-0.05, 0) is 62.8 Å². The second-order valence-corrected chi connectivity index (χ2v) is 9.45. The van der Waals surface area contributed by atoms with Gasteiger partial charge in [0.15, 0.2) is 0 Å². The molecular formula is C23H30N6O2S. The van der Waals surface area contributed by atoms with Crippen LogP contribution in [0.3, 0.4) is 0 Å². The number of hydrogen-bond donors (Lipinski definition) is 3. The predicted octanol–water partition coefficient (Wildman–Crippen LogP) is 3.21. The van der Waals surface area contributed by atoms with Crippen molar-refractivity contribution >= 4 is 33.0 Å². The average Bonchev–Trinajstić information content (AvgIpc) is 2.74. The van der Waals surface area contributed by atoms with Crippen molar-refractivity contribution in [1.82, 2.24) is 14.9 Å². The van der Waals surface area contributed by atoms with Crippen LogP contribution in [0.1, 0.15) is 6.92 Å². The van der Waals surface area contributed by atoms with E-state index in [-0.39, 0.29) is 0 Å². The van der Waals surface area contributed by atoms with Crippen molar-refractivity contribution in [3.05, 3.63) is 54.7 Å². The third kappa shape index (κ3) is 6.43. The Kier molecular flexibility index (Phi) is 7.68. The van der Waals surface area contributed by atoms with E-state index in [0.29, 0.717) is 29.0 Å². The Morgan fingerprint density at radius 3 is 2.59 bits per heavy atom. The van der Waals surface area contributed by atoms with Crippen LogP contribution in [0.5, 0.6) is 5.75 Å². The summed E-state index contributed by atoms with van der Waals surface area (Å²) in [7, 11) is 1.24. The zero-order valence-corrected chi connectivity index (χ0v) is 19.5. The van der Waals surface area contributed by atoms with Crippen molar-refractivity contribution in [3.8, 4) is 16.9 Å².